The number of hydrogen-bond donors (Lipinski definition) is 0. The Balaban J connectivity index is 2.43. The fourth-order valence-corrected chi connectivity index (χ4v) is 2.41. The number of alkyl halides is 1. The first kappa shape index (κ1) is 12.2. The Hall–Kier alpha value is -1.27. The third-order valence-electron chi connectivity index (χ3n) is 3.04. The Morgan fingerprint density at radius 1 is 0.882 bits per heavy atom. The molecule has 0 bridgehead atoms. The molecule has 0 radical (unpaired) electrons. The lowest BCUT2D eigenvalue weighted by atomic mass is 9.97. The maximum atomic E-state index is 6.58. The minimum absolute atomic E-state index is 0.0604. The van der Waals surface area contributed by atoms with Crippen molar-refractivity contribution < 1.29 is 0 Å². The van der Waals surface area contributed by atoms with E-state index in [-0.39, 0.29) is 5.38 Å². The van der Waals surface area contributed by atoms with E-state index in [4.69, 9.17) is 11.6 Å². The van der Waals surface area contributed by atoms with Gasteiger partial charge in [0.1, 0.15) is 0 Å². The molecule has 2 aromatic rings. The van der Waals surface area contributed by atoms with E-state index in [0.717, 1.165) is 0 Å². The van der Waals surface area contributed by atoms with E-state index in [0.29, 0.717) is 0 Å². The number of benzene rings is 2. The summed E-state index contributed by atoms with van der Waals surface area (Å²) in [6.45, 7) is 6.30. The molecule has 1 unspecified atom stereocenters. The van der Waals surface area contributed by atoms with Crippen molar-refractivity contribution in [3.05, 3.63) is 70.3 Å². The van der Waals surface area contributed by atoms with Crippen LogP contribution in [0.15, 0.2) is 42.5 Å². The predicted molar refractivity (Wildman–Crippen MR) is 74.8 cm³/mol. The van der Waals surface area contributed by atoms with Gasteiger partial charge in [0.05, 0.1) is 5.38 Å². The summed E-state index contributed by atoms with van der Waals surface area (Å²) in [5.74, 6) is 0. The first-order chi connectivity index (χ1) is 8.08. The quantitative estimate of drug-likeness (QED) is 0.657. The second-order valence-corrected chi connectivity index (χ2v) is 5.07. The first-order valence-corrected chi connectivity index (χ1v) is 6.29. The summed E-state index contributed by atoms with van der Waals surface area (Å²) < 4.78 is 0. The lowest BCUT2D eigenvalue weighted by molar-refractivity contribution is 1.10. The number of rotatable bonds is 2. The van der Waals surface area contributed by atoms with Crippen LogP contribution in [0.2, 0.25) is 0 Å². The molecule has 0 amide bonds. The van der Waals surface area contributed by atoms with Crippen molar-refractivity contribution in [2.75, 3.05) is 0 Å². The average molecular weight is 245 g/mol. The van der Waals surface area contributed by atoms with Gasteiger partial charge in [-0.3, -0.25) is 0 Å². The second-order valence-electron chi connectivity index (χ2n) is 4.64. The Bertz CT molecular complexity index is 529. The zero-order valence-corrected chi connectivity index (χ0v) is 11.3. The van der Waals surface area contributed by atoms with Gasteiger partial charge in [-0.25, -0.2) is 0 Å². The molecule has 0 heterocycles. The van der Waals surface area contributed by atoms with Gasteiger partial charge in [0.15, 0.2) is 0 Å². The van der Waals surface area contributed by atoms with Crippen LogP contribution in [0.3, 0.4) is 0 Å². The third kappa shape index (κ3) is 2.70. The largest absolute Gasteiger partial charge is 0.113 e. The predicted octanol–water partition coefficient (Wildman–Crippen LogP) is 4.94. The molecule has 0 saturated heterocycles. The molecule has 2 rings (SSSR count). The maximum Gasteiger partial charge on any atom is 0.0838 e. The molecule has 1 atom stereocenters. The molecule has 0 aliphatic heterocycles. The van der Waals surface area contributed by atoms with Gasteiger partial charge in [0, 0.05) is 0 Å². The molecule has 0 nitrogen and oxygen atoms in total. The molecular weight excluding hydrogens is 228 g/mol. The van der Waals surface area contributed by atoms with Crippen molar-refractivity contribution in [3.63, 3.8) is 0 Å². The van der Waals surface area contributed by atoms with Crippen LogP contribution >= 0.6 is 11.6 Å². The van der Waals surface area contributed by atoms with Crippen LogP contribution in [0, 0.1) is 20.8 Å². The summed E-state index contributed by atoms with van der Waals surface area (Å²) in [6, 6.07) is 14.8. The molecule has 17 heavy (non-hydrogen) atoms. The van der Waals surface area contributed by atoms with Crippen molar-refractivity contribution >= 4 is 11.6 Å². The highest BCUT2D eigenvalue weighted by Gasteiger charge is 2.13. The molecule has 0 aromatic heterocycles. The molecule has 0 saturated carbocycles. The van der Waals surface area contributed by atoms with E-state index in [1.807, 2.05) is 0 Å². The number of hydrogen-bond acceptors (Lipinski definition) is 0. The molecule has 0 aliphatic rings. The number of halogens is 1. The summed E-state index contributed by atoms with van der Waals surface area (Å²) in [5, 5.41) is -0.0604. The van der Waals surface area contributed by atoms with Gasteiger partial charge in [-0.2, -0.15) is 0 Å². The van der Waals surface area contributed by atoms with E-state index in [1.54, 1.807) is 0 Å². The summed E-state index contributed by atoms with van der Waals surface area (Å²) in [5.41, 5.74) is 6.12. The van der Waals surface area contributed by atoms with E-state index >= 15 is 0 Å². The maximum absolute atomic E-state index is 6.58. The van der Waals surface area contributed by atoms with Crippen molar-refractivity contribution in [2.45, 2.75) is 26.1 Å². The molecular formula is C16H17Cl. The molecule has 2 aromatic carbocycles. The molecule has 0 aliphatic carbocycles. The molecule has 0 spiro atoms. The Morgan fingerprint density at radius 3 is 2.29 bits per heavy atom. The topological polar surface area (TPSA) is 0 Å². The fraction of sp³-hybridized carbons (Fsp3) is 0.250. The van der Waals surface area contributed by atoms with Gasteiger partial charge >= 0.3 is 0 Å². The third-order valence-corrected chi connectivity index (χ3v) is 3.53. The zero-order chi connectivity index (χ0) is 12.4. The van der Waals surface area contributed by atoms with Gasteiger partial charge in [-0.15, -0.1) is 11.6 Å². The zero-order valence-electron chi connectivity index (χ0n) is 10.5. The van der Waals surface area contributed by atoms with Gasteiger partial charge in [-0.1, -0.05) is 53.6 Å². The summed E-state index contributed by atoms with van der Waals surface area (Å²) in [6.07, 6.45) is 0. The van der Waals surface area contributed by atoms with Crippen molar-refractivity contribution in [1.82, 2.24) is 0 Å². The Kier molecular flexibility index (Phi) is 3.54. The van der Waals surface area contributed by atoms with Crippen LogP contribution in [0.1, 0.15) is 33.2 Å². The van der Waals surface area contributed by atoms with Gasteiger partial charge < -0.3 is 0 Å². The van der Waals surface area contributed by atoms with E-state index in [1.165, 1.54) is 27.8 Å². The molecule has 0 N–H and O–H groups in total. The van der Waals surface area contributed by atoms with Crippen LogP contribution < -0.4 is 0 Å². The van der Waals surface area contributed by atoms with Crippen molar-refractivity contribution in [3.8, 4) is 0 Å². The second kappa shape index (κ2) is 4.93. The summed E-state index contributed by atoms with van der Waals surface area (Å²) >= 11 is 6.58. The normalized spacial score (nSPS) is 12.5. The lowest BCUT2D eigenvalue weighted by Gasteiger charge is -2.14. The van der Waals surface area contributed by atoms with Crippen LogP contribution in [0.5, 0.6) is 0 Å². The minimum Gasteiger partial charge on any atom is -0.113 e. The van der Waals surface area contributed by atoms with E-state index in [2.05, 4.69) is 63.2 Å². The average Bonchev–Trinajstić information content (AvgIpc) is 2.31. The molecule has 0 fully saturated rings. The highest BCUT2D eigenvalue weighted by Crippen LogP contribution is 2.31. The SMILES string of the molecule is Cc1cccc(C(Cl)c2cc(C)ccc2C)c1. The van der Waals surface area contributed by atoms with Gasteiger partial charge in [0.25, 0.3) is 0 Å². The first-order valence-electron chi connectivity index (χ1n) is 5.85. The highest BCUT2D eigenvalue weighted by molar-refractivity contribution is 6.22. The number of aryl methyl sites for hydroxylation is 3. The molecule has 88 valence electrons. The van der Waals surface area contributed by atoms with Crippen molar-refractivity contribution in [1.29, 1.82) is 0 Å². The Morgan fingerprint density at radius 2 is 1.59 bits per heavy atom. The van der Waals surface area contributed by atoms with Crippen molar-refractivity contribution in [2.24, 2.45) is 0 Å². The summed E-state index contributed by atoms with van der Waals surface area (Å²) in [4.78, 5) is 0. The lowest BCUT2D eigenvalue weighted by Crippen LogP contribution is -1.97. The van der Waals surface area contributed by atoms with Crippen LogP contribution in [0.25, 0.3) is 0 Å². The standard InChI is InChI=1S/C16H17Cl/c1-11-5-4-6-14(9-11)16(17)15-10-12(2)7-8-13(15)3/h4-10,16H,1-3H3. The molecule has 1 heteroatoms. The fourth-order valence-electron chi connectivity index (χ4n) is 2.04. The monoisotopic (exact) mass is 244 g/mol. The smallest absolute Gasteiger partial charge is 0.0838 e. The van der Waals surface area contributed by atoms with Crippen LogP contribution in [-0.2, 0) is 0 Å². The minimum atomic E-state index is -0.0604. The Labute approximate surface area is 108 Å². The summed E-state index contributed by atoms with van der Waals surface area (Å²) in [7, 11) is 0. The van der Waals surface area contributed by atoms with Crippen LogP contribution in [-0.4, -0.2) is 0 Å². The van der Waals surface area contributed by atoms with Gasteiger partial charge in [0.2, 0.25) is 0 Å². The van der Waals surface area contributed by atoms with Gasteiger partial charge in [-0.05, 0) is 37.5 Å². The van der Waals surface area contributed by atoms with E-state index < -0.39 is 0 Å². The highest BCUT2D eigenvalue weighted by atomic mass is 35.5. The van der Waals surface area contributed by atoms with Crippen LogP contribution in [0.4, 0.5) is 0 Å². The van der Waals surface area contributed by atoms with E-state index in [9.17, 15) is 0 Å².